The van der Waals surface area contributed by atoms with Crippen molar-refractivity contribution in [1.82, 2.24) is 4.90 Å². The zero-order chi connectivity index (χ0) is 25.1. The monoisotopic (exact) mass is 493 g/mol. The number of amides is 1. The number of carboxylic acid groups (broad SMARTS) is 1. The van der Waals surface area contributed by atoms with Crippen LogP contribution in [-0.2, 0) is 13.0 Å². The van der Waals surface area contributed by atoms with Crippen LogP contribution < -0.4 is 0 Å². The van der Waals surface area contributed by atoms with Crippen molar-refractivity contribution in [3.05, 3.63) is 119 Å². The molecule has 0 spiro atoms. The number of rotatable bonds is 8. The van der Waals surface area contributed by atoms with Gasteiger partial charge in [0.15, 0.2) is 6.29 Å². The summed E-state index contributed by atoms with van der Waals surface area (Å²) < 4.78 is 0. The zero-order valence-corrected chi connectivity index (χ0v) is 20.9. The van der Waals surface area contributed by atoms with Gasteiger partial charge in [0.2, 0.25) is 0 Å². The second-order valence-corrected chi connectivity index (χ2v) is 10.0. The standard InChI is InChI=1S/C31H27NO3S/c1-2-21-15-16-30(36-29-14-8-3-9-22(29)20-33)23(17-21)18-32(31(34)35)19-28-26-12-6-4-10-24(26)25-11-5-7-13-27(25)28/h3-17,20,28H,2,18-19H2,1H3,(H,34,35). The van der Waals surface area contributed by atoms with Crippen LogP contribution in [-0.4, -0.2) is 28.9 Å². The van der Waals surface area contributed by atoms with Gasteiger partial charge in [-0.1, -0.05) is 97.5 Å². The fourth-order valence-corrected chi connectivity index (χ4v) is 5.97. The molecule has 0 saturated carbocycles. The highest BCUT2D eigenvalue weighted by Crippen LogP contribution is 2.45. The molecule has 1 amide bonds. The van der Waals surface area contributed by atoms with Crippen molar-refractivity contribution < 1.29 is 14.7 Å². The Morgan fingerprint density at radius 1 is 0.889 bits per heavy atom. The van der Waals surface area contributed by atoms with Crippen molar-refractivity contribution in [1.29, 1.82) is 0 Å². The molecule has 1 aliphatic rings. The largest absolute Gasteiger partial charge is 0.465 e. The predicted octanol–water partition coefficient (Wildman–Crippen LogP) is 7.51. The molecule has 5 rings (SSSR count). The first kappa shape index (κ1) is 23.9. The SMILES string of the molecule is CCc1ccc(Sc2ccccc2C=O)c(CN(CC2c3ccccc3-c3ccccc32)C(=O)O)c1. The first-order valence-corrected chi connectivity index (χ1v) is 12.9. The molecule has 0 aromatic heterocycles. The number of nitrogens with zero attached hydrogens (tertiary/aromatic N) is 1. The molecule has 180 valence electrons. The fraction of sp³-hybridized carbons (Fsp3) is 0.161. The molecule has 0 bridgehead atoms. The van der Waals surface area contributed by atoms with Crippen LogP contribution in [0.1, 0.15) is 45.5 Å². The van der Waals surface area contributed by atoms with Gasteiger partial charge in [-0.2, -0.15) is 0 Å². The lowest BCUT2D eigenvalue weighted by Crippen LogP contribution is -2.33. The summed E-state index contributed by atoms with van der Waals surface area (Å²) in [5.74, 6) is -0.0187. The van der Waals surface area contributed by atoms with Crippen LogP contribution in [0.4, 0.5) is 4.79 Å². The van der Waals surface area contributed by atoms with Crippen molar-refractivity contribution in [2.45, 2.75) is 35.6 Å². The lowest BCUT2D eigenvalue weighted by atomic mass is 9.96. The number of carbonyl (C=O) groups excluding carboxylic acids is 1. The van der Waals surface area contributed by atoms with Crippen molar-refractivity contribution in [3.63, 3.8) is 0 Å². The highest BCUT2D eigenvalue weighted by molar-refractivity contribution is 7.99. The molecule has 4 nitrogen and oxygen atoms in total. The maximum atomic E-state index is 12.5. The van der Waals surface area contributed by atoms with Crippen molar-refractivity contribution in [3.8, 4) is 11.1 Å². The van der Waals surface area contributed by atoms with Crippen LogP contribution in [0.3, 0.4) is 0 Å². The maximum Gasteiger partial charge on any atom is 0.407 e. The van der Waals surface area contributed by atoms with E-state index in [-0.39, 0.29) is 12.5 Å². The second kappa shape index (κ2) is 10.4. The molecule has 1 N–H and O–H groups in total. The summed E-state index contributed by atoms with van der Waals surface area (Å²) in [6.45, 7) is 2.74. The summed E-state index contributed by atoms with van der Waals surface area (Å²) in [6.07, 6.45) is 0.781. The number of carbonyl (C=O) groups is 2. The van der Waals surface area contributed by atoms with Gasteiger partial charge in [-0.3, -0.25) is 4.79 Å². The van der Waals surface area contributed by atoms with Gasteiger partial charge in [0, 0.05) is 27.8 Å². The van der Waals surface area contributed by atoms with Gasteiger partial charge in [0.1, 0.15) is 0 Å². The molecule has 5 heteroatoms. The minimum Gasteiger partial charge on any atom is -0.465 e. The van der Waals surface area contributed by atoms with Gasteiger partial charge in [-0.05, 0) is 51.9 Å². The minimum atomic E-state index is -0.942. The van der Waals surface area contributed by atoms with Crippen molar-refractivity contribution in [2.75, 3.05) is 6.54 Å². The lowest BCUT2D eigenvalue weighted by molar-refractivity contribution is 0.112. The summed E-state index contributed by atoms with van der Waals surface area (Å²) in [5.41, 5.74) is 7.42. The van der Waals surface area contributed by atoms with E-state index in [0.717, 1.165) is 33.6 Å². The van der Waals surface area contributed by atoms with Gasteiger partial charge in [0.25, 0.3) is 0 Å². The second-order valence-electron chi connectivity index (χ2n) is 8.94. The molecule has 0 fully saturated rings. The van der Waals surface area contributed by atoms with Gasteiger partial charge < -0.3 is 10.0 Å². The highest BCUT2D eigenvalue weighted by Gasteiger charge is 2.31. The Labute approximate surface area is 215 Å². The van der Waals surface area contributed by atoms with Crippen LogP contribution in [0.25, 0.3) is 11.1 Å². The Hall–Kier alpha value is -3.83. The van der Waals surface area contributed by atoms with Crippen LogP contribution in [0.5, 0.6) is 0 Å². The maximum absolute atomic E-state index is 12.5. The molecule has 1 aliphatic carbocycles. The average molecular weight is 494 g/mol. The smallest absolute Gasteiger partial charge is 0.407 e. The Balaban J connectivity index is 1.48. The summed E-state index contributed by atoms with van der Waals surface area (Å²) in [5, 5.41) is 10.3. The number of hydrogen-bond acceptors (Lipinski definition) is 3. The van der Waals surface area contributed by atoms with Gasteiger partial charge in [-0.15, -0.1) is 0 Å². The molecule has 4 aromatic carbocycles. The van der Waals surface area contributed by atoms with E-state index >= 15 is 0 Å². The molecule has 0 heterocycles. The minimum absolute atomic E-state index is 0.0187. The molecule has 4 aromatic rings. The summed E-state index contributed by atoms with van der Waals surface area (Å²) in [6, 6.07) is 30.2. The van der Waals surface area contributed by atoms with Crippen molar-refractivity contribution >= 4 is 24.1 Å². The van der Waals surface area contributed by atoms with E-state index in [9.17, 15) is 14.7 Å². The number of hydrogen-bond donors (Lipinski definition) is 1. The normalized spacial score (nSPS) is 12.1. The fourth-order valence-electron chi connectivity index (χ4n) is 4.96. The summed E-state index contributed by atoms with van der Waals surface area (Å²) in [7, 11) is 0. The zero-order valence-electron chi connectivity index (χ0n) is 20.1. The highest BCUT2D eigenvalue weighted by atomic mass is 32.2. The van der Waals surface area contributed by atoms with Gasteiger partial charge >= 0.3 is 6.09 Å². The third-order valence-corrected chi connectivity index (χ3v) is 8.01. The van der Waals surface area contributed by atoms with Crippen LogP contribution >= 0.6 is 11.8 Å². The number of aryl methyl sites for hydroxylation is 1. The van der Waals surface area contributed by atoms with Crippen molar-refractivity contribution in [2.24, 2.45) is 0 Å². The Morgan fingerprint density at radius 3 is 2.17 bits per heavy atom. The lowest BCUT2D eigenvalue weighted by Gasteiger charge is -2.25. The van der Waals surface area contributed by atoms with Crippen LogP contribution in [0, 0.1) is 0 Å². The quantitative estimate of drug-likeness (QED) is 0.258. The molecule has 0 saturated heterocycles. The third kappa shape index (κ3) is 4.67. The number of fused-ring (bicyclic) bond motifs is 3. The average Bonchev–Trinajstić information content (AvgIpc) is 3.23. The van der Waals surface area contributed by atoms with E-state index in [1.165, 1.54) is 38.9 Å². The van der Waals surface area contributed by atoms with E-state index in [0.29, 0.717) is 12.1 Å². The van der Waals surface area contributed by atoms with E-state index in [2.05, 4.69) is 43.3 Å². The molecule has 0 radical (unpaired) electrons. The summed E-state index contributed by atoms with van der Waals surface area (Å²) >= 11 is 1.51. The van der Waals surface area contributed by atoms with E-state index in [1.54, 1.807) is 6.07 Å². The molecule has 0 aliphatic heterocycles. The Bertz CT molecular complexity index is 1390. The molecular weight excluding hydrogens is 466 g/mol. The molecule has 0 unspecified atom stereocenters. The van der Waals surface area contributed by atoms with Gasteiger partial charge in [0.05, 0.1) is 6.54 Å². The molecular formula is C31H27NO3S. The number of benzene rings is 4. The topological polar surface area (TPSA) is 57.6 Å². The van der Waals surface area contributed by atoms with Crippen LogP contribution in [0.2, 0.25) is 0 Å². The number of aldehydes is 1. The first-order chi connectivity index (χ1) is 17.6. The van der Waals surface area contributed by atoms with Crippen LogP contribution in [0.15, 0.2) is 101 Å². The van der Waals surface area contributed by atoms with E-state index in [4.69, 9.17) is 0 Å². The van der Waals surface area contributed by atoms with E-state index in [1.807, 2.05) is 48.5 Å². The molecule has 0 atom stereocenters. The van der Waals surface area contributed by atoms with Gasteiger partial charge in [-0.25, -0.2) is 4.79 Å². The summed E-state index contributed by atoms with van der Waals surface area (Å²) in [4.78, 5) is 27.4. The molecule has 36 heavy (non-hydrogen) atoms. The Kier molecular flexibility index (Phi) is 6.92. The predicted molar refractivity (Wildman–Crippen MR) is 144 cm³/mol. The third-order valence-electron chi connectivity index (χ3n) is 6.80. The Morgan fingerprint density at radius 2 is 1.53 bits per heavy atom. The van der Waals surface area contributed by atoms with E-state index < -0.39 is 6.09 Å². The first-order valence-electron chi connectivity index (χ1n) is 12.1.